The van der Waals surface area contributed by atoms with E-state index in [2.05, 4.69) is 27.9 Å². The summed E-state index contributed by atoms with van der Waals surface area (Å²) in [5.74, 6) is 1.17. The van der Waals surface area contributed by atoms with Gasteiger partial charge in [0.25, 0.3) is 0 Å². The summed E-state index contributed by atoms with van der Waals surface area (Å²) >= 11 is 1.93. The zero-order valence-corrected chi connectivity index (χ0v) is 8.73. The van der Waals surface area contributed by atoms with Crippen molar-refractivity contribution in [3.63, 3.8) is 0 Å². The quantitative estimate of drug-likeness (QED) is 0.624. The minimum atomic E-state index is 0.288. The molecule has 0 saturated heterocycles. The largest absolute Gasteiger partial charge is 0.391 e. The van der Waals surface area contributed by atoms with Crippen molar-refractivity contribution in [3.05, 3.63) is 22.9 Å². The molecule has 1 unspecified atom stereocenters. The van der Waals surface area contributed by atoms with Gasteiger partial charge in [-0.3, -0.25) is 4.99 Å². The van der Waals surface area contributed by atoms with Crippen LogP contribution in [0, 0.1) is 5.41 Å². The molecule has 0 amide bonds. The normalized spacial score (nSPS) is 34.3. The summed E-state index contributed by atoms with van der Waals surface area (Å²) in [6.45, 7) is 1.96. The molecular formula is C10H13N3S. The molecule has 0 fully saturated rings. The smallest absolute Gasteiger partial charge is 0.0875 e. The number of nitrogens with zero attached hydrogens (tertiary/aromatic N) is 1. The van der Waals surface area contributed by atoms with Gasteiger partial charge in [-0.2, -0.15) is 0 Å². The molecule has 1 atom stereocenters. The van der Waals surface area contributed by atoms with Crippen molar-refractivity contribution in [1.29, 1.82) is 0 Å². The number of allylic oxidation sites excluding steroid dienone is 1. The standard InChI is InChI=1S/C10H13N3S/c1-3-11-4-2-10(1)6-14-9-8(10)5-12-7-13-9/h1,3,7,11H,2,4-6H2,(H,12,13). The molecule has 4 heteroatoms. The Kier molecular flexibility index (Phi) is 1.83. The molecule has 0 saturated carbocycles. The first kappa shape index (κ1) is 8.41. The van der Waals surface area contributed by atoms with E-state index in [-0.39, 0.29) is 5.41 Å². The molecule has 3 nitrogen and oxygen atoms in total. The number of hydrogen-bond donors (Lipinski definition) is 2. The Hall–Kier alpha value is -0.900. The lowest BCUT2D eigenvalue weighted by Crippen LogP contribution is -2.32. The molecule has 0 aromatic carbocycles. The second-order valence-corrected chi connectivity index (χ2v) is 4.89. The van der Waals surface area contributed by atoms with Gasteiger partial charge in [-0.1, -0.05) is 6.08 Å². The van der Waals surface area contributed by atoms with E-state index in [0.717, 1.165) is 13.1 Å². The van der Waals surface area contributed by atoms with Crippen molar-refractivity contribution >= 4 is 18.1 Å². The lowest BCUT2D eigenvalue weighted by atomic mass is 9.78. The molecule has 0 aromatic rings. The van der Waals surface area contributed by atoms with E-state index in [9.17, 15) is 0 Å². The Morgan fingerprint density at radius 3 is 3.36 bits per heavy atom. The zero-order chi connectivity index (χ0) is 9.43. The summed E-state index contributed by atoms with van der Waals surface area (Å²) in [5, 5.41) is 7.85. The zero-order valence-electron chi connectivity index (χ0n) is 7.92. The lowest BCUT2D eigenvalue weighted by Gasteiger charge is -2.31. The molecule has 3 aliphatic rings. The van der Waals surface area contributed by atoms with Crippen LogP contribution in [0.3, 0.4) is 0 Å². The predicted molar refractivity (Wildman–Crippen MR) is 60.2 cm³/mol. The van der Waals surface area contributed by atoms with Gasteiger partial charge in [0, 0.05) is 17.7 Å². The third kappa shape index (κ3) is 1.10. The maximum Gasteiger partial charge on any atom is 0.0875 e. The van der Waals surface area contributed by atoms with Gasteiger partial charge < -0.3 is 10.6 Å². The second-order valence-electron chi connectivity index (χ2n) is 3.90. The molecule has 0 radical (unpaired) electrons. The third-order valence-electron chi connectivity index (χ3n) is 3.12. The van der Waals surface area contributed by atoms with Crippen LogP contribution in [0.25, 0.3) is 0 Å². The number of aliphatic imine (C=N–C) groups is 1. The Balaban J connectivity index is 1.98. The average molecular weight is 207 g/mol. The van der Waals surface area contributed by atoms with Gasteiger partial charge in [0.15, 0.2) is 0 Å². The van der Waals surface area contributed by atoms with E-state index >= 15 is 0 Å². The van der Waals surface area contributed by atoms with Crippen LogP contribution >= 0.6 is 11.8 Å². The fourth-order valence-electron chi connectivity index (χ4n) is 2.25. The van der Waals surface area contributed by atoms with Crippen LogP contribution in [0.5, 0.6) is 0 Å². The van der Waals surface area contributed by atoms with Crippen molar-refractivity contribution < 1.29 is 0 Å². The van der Waals surface area contributed by atoms with Crippen LogP contribution in [0.4, 0.5) is 0 Å². The minimum absolute atomic E-state index is 0.288. The van der Waals surface area contributed by atoms with Crippen molar-refractivity contribution in [2.75, 3.05) is 18.8 Å². The van der Waals surface area contributed by atoms with E-state index in [0.29, 0.717) is 0 Å². The maximum atomic E-state index is 4.31. The number of nitrogens with one attached hydrogen (secondary N) is 2. The molecule has 74 valence electrons. The molecule has 1 spiro atoms. The summed E-state index contributed by atoms with van der Waals surface area (Å²) in [7, 11) is 0. The summed E-state index contributed by atoms with van der Waals surface area (Å²) in [6.07, 6.45) is 7.43. The molecule has 14 heavy (non-hydrogen) atoms. The molecule has 2 N–H and O–H groups in total. The Morgan fingerprint density at radius 1 is 1.50 bits per heavy atom. The summed E-state index contributed by atoms with van der Waals surface area (Å²) in [4.78, 5) is 4.31. The lowest BCUT2D eigenvalue weighted by molar-refractivity contribution is 0.446. The number of hydrogen-bond acceptors (Lipinski definition) is 4. The van der Waals surface area contributed by atoms with E-state index in [4.69, 9.17) is 0 Å². The fraction of sp³-hybridized carbons (Fsp3) is 0.500. The van der Waals surface area contributed by atoms with Gasteiger partial charge in [-0.05, 0) is 18.2 Å². The first-order chi connectivity index (χ1) is 6.91. The predicted octanol–water partition coefficient (Wildman–Crippen LogP) is 1.07. The summed E-state index contributed by atoms with van der Waals surface area (Å²) < 4.78 is 0. The van der Waals surface area contributed by atoms with Crippen molar-refractivity contribution in [3.8, 4) is 0 Å². The van der Waals surface area contributed by atoms with Gasteiger partial charge >= 0.3 is 0 Å². The highest BCUT2D eigenvalue weighted by Gasteiger charge is 2.40. The van der Waals surface area contributed by atoms with E-state index < -0.39 is 0 Å². The highest BCUT2D eigenvalue weighted by atomic mass is 32.2. The average Bonchev–Trinajstić information content (AvgIpc) is 2.60. The SMILES string of the molecule is C1=CC2(CCN1)CSC1=C2CN=CN1. The van der Waals surface area contributed by atoms with Crippen LogP contribution in [0.1, 0.15) is 6.42 Å². The molecule has 3 heterocycles. The number of fused-ring (bicyclic) bond motifs is 1. The molecular weight excluding hydrogens is 194 g/mol. The molecule has 0 aromatic heterocycles. The van der Waals surface area contributed by atoms with Crippen LogP contribution in [-0.4, -0.2) is 25.2 Å². The molecule has 3 rings (SSSR count). The Morgan fingerprint density at radius 2 is 2.50 bits per heavy atom. The van der Waals surface area contributed by atoms with Gasteiger partial charge in [0.05, 0.1) is 17.9 Å². The maximum absolute atomic E-state index is 4.31. The molecule has 3 aliphatic heterocycles. The Labute approximate surface area is 87.7 Å². The Bertz CT molecular complexity index is 345. The van der Waals surface area contributed by atoms with Crippen molar-refractivity contribution in [2.45, 2.75) is 6.42 Å². The topological polar surface area (TPSA) is 36.4 Å². The van der Waals surface area contributed by atoms with Crippen molar-refractivity contribution in [1.82, 2.24) is 10.6 Å². The van der Waals surface area contributed by atoms with E-state index in [1.54, 1.807) is 0 Å². The first-order valence-corrected chi connectivity index (χ1v) is 5.92. The van der Waals surface area contributed by atoms with Crippen LogP contribution in [-0.2, 0) is 0 Å². The molecule has 0 aliphatic carbocycles. The van der Waals surface area contributed by atoms with E-state index in [1.165, 1.54) is 22.8 Å². The van der Waals surface area contributed by atoms with Crippen LogP contribution < -0.4 is 10.6 Å². The van der Waals surface area contributed by atoms with Gasteiger partial charge in [0.1, 0.15) is 0 Å². The summed E-state index contributed by atoms with van der Waals surface area (Å²) in [5.41, 5.74) is 1.78. The van der Waals surface area contributed by atoms with Gasteiger partial charge in [-0.15, -0.1) is 11.8 Å². The summed E-state index contributed by atoms with van der Waals surface area (Å²) in [6, 6.07) is 0. The van der Waals surface area contributed by atoms with Crippen molar-refractivity contribution in [2.24, 2.45) is 10.4 Å². The van der Waals surface area contributed by atoms with Crippen LogP contribution in [0.15, 0.2) is 27.9 Å². The second kappa shape index (κ2) is 3.05. The van der Waals surface area contributed by atoms with Gasteiger partial charge in [0.2, 0.25) is 0 Å². The fourth-order valence-corrected chi connectivity index (χ4v) is 3.65. The number of thioether (sulfide) groups is 1. The molecule has 0 bridgehead atoms. The van der Waals surface area contributed by atoms with E-state index in [1.807, 2.05) is 18.1 Å². The third-order valence-corrected chi connectivity index (χ3v) is 4.43. The van der Waals surface area contributed by atoms with Crippen LogP contribution in [0.2, 0.25) is 0 Å². The first-order valence-electron chi connectivity index (χ1n) is 4.93. The number of rotatable bonds is 0. The monoisotopic (exact) mass is 207 g/mol. The minimum Gasteiger partial charge on any atom is -0.391 e. The highest BCUT2D eigenvalue weighted by Crippen LogP contribution is 2.48. The highest BCUT2D eigenvalue weighted by molar-refractivity contribution is 8.03. The van der Waals surface area contributed by atoms with Gasteiger partial charge in [-0.25, -0.2) is 0 Å².